The largest absolute Gasteiger partial charge is 0.490 e. The van der Waals surface area contributed by atoms with Gasteiger partial charge in [0.15, 0.2) is 11.5 Å². The Bertz CT molecular complexity index is 742. The van der Waals surface area contributed by atoms with Gasteiger partial charge in [0.25, 0.3) is 11.8 Å². The number of hydrogen-bond donors (Lipinski definition) is 2. The molecule has 2 aromatic rings. The Hall–Kier alpha value is -3.36. The lowest BCUT2D eigenvalue weighted by atomic mass is 10.1. The Labute approximate surface area is 136 Å². The van der Waals surface area contributed by atoms with Crippen LogP contribution in [0.2, 0.25) is 0 Å². The third-order valence-electron chi connectivity index (χ3n) is 3.08. The average molecular weight is 333 g/mol. The van der Waals surface area contributed by atoms with Crippen LogP contribution in [-0.2, 0) is 0 Å². The molecule has 1 heterocycles. The molecule has 0 bridgehead atoms. The number of benzene rings is 1. The van der Waals surface area contributed by atoms with E-state index < -0.39 is 16.7 Å². The van der Waals surface area contributed by atoms with Crippen molar-refractivity contribution in [3.63, 3.8) is 0 Å². The lowest BCUT2D eigenvalue weighted by molar-refractivity contribution is -0.385. The van der Waals surface area contributed by atoms with Crippen LogP contribution in [0.25, 0.3) is 0 Å². The molecule has 0 aliphatic rings. The van der Waals surface area contributed by atoms with Gasteiger partial charge in [-0.2, -0.15) is 0 Å². The average Bonchev–Trinajstić information content (AvgIpc) is 3.12. The zero-order valence-corrected chi connectivity index (χ0v) is 12.8. The minimum absolute atomic E-state index is 0.0715. The van der Waals surface area contributed by atoms with Crippen molar-refractivity contribution in [2.24, 2.45) is 0 Å². The molecular weight excluding hydrogens is 318 g/mol. The number of carbonyl (C=O) groups is 2. The van der Waals surface area contributed by atoms with E-state index in [1.807, 2.05) is 0 Å². The number of nitro benzene ring substituents is 1. The molecule has 9 nitrogen and oxygen atoms in total. The molecule has 0 spiro atoms. The van der Waals surface area contributed by atoms with Gasteiger partial charge < -0.3 is 19.8 Å². The summed E-state index contributed by atoms with van der Waals surface area (Å²) in [7, 11) is 1.31. The highest BCUT2D eigenvalue weighted by molar-refractivity contribution is 5.95. The highest BCUT2D eigenvalue weighted by Crippen LogP contribution is 2.27. The van der Waals surface area contributed by atoms with Gasteiger partial charge in [-0.3, -0.25) is 19.7 Å². The molecule has 0 saturated heterocycles. The van der Waals surface area contributed by atoms with Crippen LogP contribution >= 0.6 is 0 Å². The van der Waals surface area contributed by atoms with Crippen LogP contribution in [0.3, 0.4) is 0 Å². The van der Waals surface area contributed by atoms with E-state index in [-0.39, 0.29) is 35.9 Å². The van der Waals surface area contributed by atoms with Crippen molar-refractivity contribution in [1.29, 1.82) is 0 Å². The molecule has 0 aliphatic carbocycles. The summed E-state index contributed by atoms with van der Waals surface area (Å²) in [5, 5.41) is 16.1. The Morgan fingerprint density at radius 3 is 2.50 bits per heavy atom. The van der Waals surface area contributed by atoms with Gasteiger partial charge in [-0.15, -0.1) is 0 Å². The fourth-order valence-corrected chi connectivity index (χ4v) is 1.92. The van der Waals surface area contributed by atoms with E-state index in [0.717, 1.165) is 6.07 Å². The summed E-state index contributed by atoms with van der Waals surface area (Å²) in [5.74, 6) is -0.642. The topological polar surface area (TPSA) is 124 Å². The highest BCUT2D eigenvalue weighted by Gasteiger charge is 2.18. The SMILES string of the molecule is COc1ccc(C(=O)NCCNC(=O)c2ccco2)cc1[N+](=O)[O-]. The Morgan fingerprint density at radius 2 is 1.92 bits per heavy atom. The third-order valence-corrected chi connectivity index (χ3v) is 3.08. The molecule has 0 saturated carbocycles. The zero-order chi connectivity index (χ0) is 17.5. The second-order valence-corrected chi connectivity index (χ2v) is 4.63. The van der Waals surface area contributed by atoms with Crippen LogP contribution in [0.4, 0.5) is 5.69 Å². The maximum Gasteiger partial charge on any atom is 0.311 e. The molecular formula is C15H15N3O6. The first kappa shape index (κ1) is 17.0. The number of amides is 2. The van der Waals surface area contributed by atoms with Crippen LogP contribution < -0.4 is 15.4 Å². The summed E-state index contributed by atoms with van der Waals surface area (Å²) in [6.45, 7) is 0.342. The van der Waals surface area contributed by atoms with Crippen molar-refractivity contribution < 1.29 is 23.7 Å². The highest BCUT2D eigenvalue weighted by atomic mass is 16.6. The van der Waals surface area contributed by atoms with Crippen LogP contribution in [0.1, 0.15) is 20.9 Å². The van der Waals surface area contributed by atoms with Gasteiger partial charge in [-0.25, -0.2) is 0 Å². The molecule has 2 N–H and O–H groups in total. The molecule has 0 aliphatic heterocycles. The molecule has 0 radical (unpaired) electrons. The summed E-state index contributed by atoms with van der Waals surface area (Å²) >= 11 is 0. The monoisotopic (exact) mass is 333 g/mol. The number of carbonyl (C=O) groups excluding carboxylic acids is 2. The number of ether oxygens (including phenoxy) is 1. The van der Waals surface area contributed by atoms with Gasteiger partial charge in [0, 0.05) is 24.7 Å². The van der Waals surface area contributed by atoms with Crippen molar-refractivity contribution in [2.45, 2.75) is 0 Å². The van der Waals surface area contributed by atoms with E-state index in [0.29, 0.717) is 0 Å². The lowest BCUT2D eigenvalue weighted by Gasteiger charge is -2.07. The number of nitrogens with one attached hydrogen (secondary N) is 2. The quantitative estimate of drug-likeness (QED) is 0.448. The van der Waals surface area contributed by atoms with Crippen molar-refractivity contribution in [2.75, 3.05) is 20.2 Å². The normalized spacial score (nSPS) is 10.0. The number of furan rings is 1. The van der Waals surface area contributed by atoms with Crippen molar-refractivity contribution in [1.82, 2.24) is 10.6 Å². The number of rotatable bonds is 7. The zero-order valence-electron chi connectivity index (χ0n) is 12.8. The van der Waals surface area contributed by atoms with E-state index in [1.165, 1.54) is 31.6 Å². The minimum Gasteiger partial charge on any atom is -0.490 e. The minimum atomic E-state index is -0.626. The number of nitro groups is 1. The van der Waals surface area contributed by atoms with E-state index in [4.69, 9.17) is 9.15 Å². The first-order valence-corrected chi connectivity index (χ1v) is 6.95. The fourth-order valence-electron chi connectivity index (χ4n) is 1.92. The van der Waals surface area contributed by atoms with Gasteiger partial charge >= 0.3 is 5.69 Å². The predicted molar refractivity (Wildman–Crippen MR) is 83.0 cm³/mol. The number of hydrogen-bond acceptors (Lipinski definition) is 6. The van der Waals surface area contributed by atoms with Crippen LogP contribution in [0.15, 0.2) is 41.0 Å². The van der Waals surface area contributed by atoms with Gasteiger partial charge in [0.2, 0.25) is 0 Å². The van der Waals surface area contributed by atoms with Crippen molar-refractivity contribution >= 4 is 17.5 Å². The van der Waals surface area contributed by atoms with Gasteiger partial charge in [0.05, 0.1) is 18.3 Å². The van der Waals surface area contributed by atoms with Crippen LogP contribution in [0.5, 0.6) is 5.75 Å². The summed E-state index contributed by atoms with van der Waals surface area (Å²) in [5.41, 5.74) is -0.170. The van der Waals surface area contributed by atoms with Gasteiger partial charge in [-0.05, 0) is 24.3 Å². The molecule has 1 aromatic heterocycles. The first-order valence-electron chi connectivity index (χ1n) is 6.95. The molecule has 24 heavy (non-hydrogen) atoms. The van der Waals surface area contributed by atoms with Crippen LogP contribution in [-0.4, -0.2) is 36.9 Å². The number of methoxy groups -OCH3 is 1. The molecule has 126 valence electrons. The lowest BCUT2D eigenvalue weighted by Crippen LogP contribution is -2.34. The molecule has 2 rings (SSSR count). The summed E-state index contributed by atoms with van der Waals surface area (Å²) < 4.78 is 9.80. The molecule has 0 fully saturated rings. The first-order chi connectivity index (χ1) is 11.5. The second-order valence-electron chi connectivity index (χ2n) is 4.63. The third kappa shape index (κ3) is 4.09. The van der Waals surface area contributed by atoms with E-state index >= 15 is 0 Å². The Morgan fingerprint density at radius 1 is 1.21 bits per heavy atom. The summed E-state index contributed by atoms with van der Waals surface area (Å²) in [4.78, 5) is 33.9. The maximum absolute atomic E-state index is 12.0. The second kappa shape index (κ2) is 7.77. The predicted octanol–water partition coefficient (Wildman–Crippen LogP) is 1.36. The van der Waals surface area contributed by atoms with Crippen molar-refractivity contribution in [3.05, 3.63) is 58.0 Å². The summed E-state index contributed by atoms with van der Waals surface area (Å²) in [6, 6.07) is 7.02. The van der Waals surface area contributed by atoms with Crippen LogP contribution in [0, 0.1) is 10.1 Å². The molecule has 9 heteroatoms. The maximum atomic E-state index is 12.0. The van der Waals surface area contributed by atoms with Crippen molar-refractivity contribution in [3.8, 4) is 5.75 Å². The van der Waals surface area contributed by atoms with E-state index in [9.17, 15) is 19.7 Å². The Balaban J connectivity index is 1.87. The molecule has 2 amide bonds. The summed E-state index contributed by atoms with van der Waals surface area (Å²) in [6.07, 6.45) is 1.38. The Kier molecular flexibility index (Phi) is 5.50. The fraction of sp³-hybridized carbons (Fsp3) is 0.200. The number of nitrogens with zero attached hydrogens (tertiary/aromatic N) is 1. The standard InChI is InChI=1S/C15H15N3O6/c1-23-12-5-4-10(9-11(12)18(21)22)14(19)16-6-7-17-15(20)13-3-2-8-24-13/h2-5,8-9H,6-7H2,1H3,(H,16,19)(H,17,20). The molecule has 0 atom stereocenters. The van der Waals surface area contributed by atoms with E-state index in [1.54, 1.807) is 6.07 Å². The molecule has 0 unspecified atom stereocenters. The van der Waals surface area contributed by atoms with Gasteiger partial charge in [0.1, 0.15) is 0 Å². The van der Waals surface area contributed by atoms with E-state index in [2.05, 4.69) is 10.6 Å². The van der Waals surface area contributed by atoms with Gasteiger partial charge in [-0.1, -0.05) is 0 Å². The molecule has 1 aromatic carbocycles. The smallest absolute Gasteiger partial charge is 0.311 e.